The smallest absolute Gasteiger partial charge is 0.340 e. The first-order valence-corrected chi connectivity index (χ1v) is 5.80. The fourth-order valence-corrected chi connectivity index (χ4v) is 1.49. The largest absolute Gasteiger partial charge is 0.465 e. The van der Waals surface area contributed by atoms with Crippen LogP contribution < -0.4 is 5.32 Å². The van der Waals surface area contributed by atoms with Crippen molar-refractivity contribution in [2.75, 3.05) is 19.0 Å². The Bertz CT molecular complexity index is 566. The average molecular weight is 282 g/mol. The van der Waals surface area contributed by atoms with E-state index in [1.807, 2.05) is 19.9 Å². The zero-order valence-electron chi connectivity index (χ0n) is 11.4. The molecule has 0 spiro atoms. The predicted octanol–water partition coefficient (Wildman–Crippen LogP) is 2.90. The molecule has 0 aliphatic carbocycles. The molecular weight excluding hydrogens is 267 g/mol. The molecule has 108 valence electrons. The lowest BCUT2D eigenvalue weighted by molar-refractivity contribution is -0.384. The summed E-state index contributed by atoms with van der Waals surface area (Å²) >= 11 is 0. The number of nitrogens with one attached hydrogen (secondary N) is 1. The van der Waals surface area contributed by atoms with E-state index in [0.29, 0.717) is 12.6 Å². The third-order valence-electron chi connectivity index (χ3n) is 2.49. The Hall–Kier alpha value is -2.44. The van der Waals surface area contributed by atoms with Crippen LogP contribution in [0.1, 0.15) is 24.2 Å². The second-order valence-corrected chi connectivity index (χ2v) is 4.26. The first-order chi connectivity index (χ1) is 9.36. The van der Waals surface area contributed by atoms with Crippen LogP contribution in [0, 0.1) is 15.9 Å². The number of allylic oxidation sites excluding steroid dienone is 1. The van der Waals surface area contributed by atoms with Crippen LogP contribution in [0.3, 0.4) is 0 Å². The SMILES string of the molecule is COC(=O)c1cc(NCC=C(C)C)c([N+](=O)[O-])cc1F. The third-order valence-corrected chi connectivity index (χ3v) is 2.49. The lowest BCUT2D eigenvalue weighted by Gasteiger charge is -2.08. The molecule has 1 N–H and O–H groups in total. The van der Waals surface area contributed by atoms with Gasteiger partial charge in [-0.15, -0.1) is 0 Å². The van der Waals surface area contributed by atoms with Crippen LogP contribution in [-0.2, 0) is 4.74 Å². The van der Waals surface area contributed by atoms with Gasteiger partial charge in [0.25, 0.3) is 5.69 Å². The number of nitro groups is 1. The van der Waals surface area contributed by atoms with E-state index in [4.69, 9.17) is 0 Å². The van der Waals surface area contributed by atoms with Crippen molar-refractivity contribution < 1.29 is 18.8 Å². The van der Waals surface area contributed by atoms with E-state index in [1.165, 1.54) is 0 Å². The van der Waals surface area contributed by atoms with E-state index in [2.05, 4.69) is 10.1 Å². The predicted molar refractivity (Wildman–Crippen MR) is 72.3 cm³/mol. The molecule has 0 unspecified atom stereocenters. The monoisotopic (exact) mass is 282 g/mol. The quantitative estimate of drug-likeness (QED) is 0.388. The van der Waals surface area contributed by atoms with Gasteiger partial charge in [-0.3, -0.25) is 10.1 Å². The summed E-state index contributed by atoms with van der Waals surface area (Å²) in [6.07, 6.45) is 1.81. The van der Waals surface area contributed by atoms with Crippen LogP contribution in [0.25, 0.3) is 0 Å². The van der Waals surface area contributed by atoms with Crippen LogP contribution in [-0.4, -0.2) is 24.5 Å². The van der Waals surface area contributed by atoms with Gasteiger partial charge in [0.1, 0.15) is 11.5 Å². The minimum atomic E-state index is -0.990. The summed E-state index contributed by atoms with van der Waals surface area (Å²) in [4.78, 5) is 21.6. The molecule has 0 fully saturated rings. The highest BCUT2D eigenvalue weighted by Gasteiger charge is 2.21. The topological polar surface area (TPSA) is 81.5 Å². The number of ether oxygens (including phenoxy) is 1. The summed E-state index contributed by atoms with van der Waals surface area (Å²) in [5, 5.41) is 13.7. The van der Waals surface area contributed by atoms with Crippen molar-refractivity contribution in [1.29, 1.82) is 0 Å². The number of halogens is 1. The van der Waals surface area contributed by atoms with Gasteiger partial charge in [-0.1, -0.05) is 11.6 Å². The molecule has 1 aromatic rings. The number of esters is 1. The second kappa shape index (κ2) is 6.65. The number of methoxy groups -OCH3 is 1. The molecule has 0 bridgehead atoms. The highest BCUT2D eigenvalue weighted by molar-refractivity contribution is 5.91. The first-order valence-electron chi connectivity index (χ1n) is 5.80. The van der Waals surface area contributed by atoms with E-state index in [1.54, 1.807) is 0 Å². The van der Waals surface area contributed by atoms with Crippen molar-refractivity contribution in [2.24, 2.45) is 0 Å². The zero-order chi connectivity index (χ0) is 15.3. The molecule has 1 aromatic carbocycles. The Kier molecular flexibility index (Phi) is 5.19. The Labute approximate surface area is 115 Å². The van der Waals surface area contributed by atoms with Crippen molar-refractivity contribution in [3.63, 3.8) is 0 Å². The summed E-state index contributed by atoms with van der Waals surface area (Å²) in [7, 11) is 1.11. The van der Waals surface area contributed by atoms with Crippen molar-refractivity contribution in [1.82, 2.24) is 0 Å². The van der Waals surface area contributed by atoms with Gasteiger partial charge in [-0.25, -0.2) is 9.18 Å². The van der Waals surface area contributed by atoms with Gasteiger partial charge >= 0.3 is 5.97 Å². The van der Waals surface area contributed by atoms with Crippen LogP contribution >= 0.6 is 0 Å². The zero-order valence-corrected chi connectivity index (χ0v) is 11.4. The van der Waals surface area contributed by atoms with Crippen molar-refractivity contribution >= 4 is 17.3 Å². The molecule has 0 radical (unpaired) electrons. The first kappa shape index (κ1) is 15.6. The number of nitrogens with zero attached hydrogens (tertiary/aromatic N) is 1. The highest BCUT2D eigenvalue weighted by Crippen LogP contribution is 2.28. The molecule has 0 amide bonds. The van der Waals surface area contributed by atoms with Gasteiger partial charge < -0.3 is 10.1 Å². The maximum atomic E-state index is 13.6. The Morgan fingerprint density at radius 2 is 2.15 bits per heavy atom. The van der Waals surface area contributed by atoms with Gasteiger partial charge in [-0.05, 0) is 19.9 Å². The normalized spacial score (nSPS) is 9.80. The number of hydrogen-bond donors (Lipinski definition) is 1. The van der Waals surface area contributed by atoms with Gasteiger partial charge in [0.15, 0.2) is 0 Å². The summed E-state index contributed by atoms with van der Waals surface area (Å²) in [6.45, 7) is 4.08. The van der Waals surface area contributed by atoms with E-state index in [-0.39, 0.29) is 11.3 Å². The van der Waals surface area contributed by atoms with Gasteiger partial charge in [0.2, 0.25) is 0 Å². The van der Waals surface area contributed by atoms with E-state index in [9.17, 15) is 19.3 Å². The van der Waals surface area contributed by atoms with Crippen molar-refractivity contribution in [3.05, 3.63) is 45.3 Å². The van der Waals surface area contributed by atoms with Gasteiger partial charge in [0.05, 0.1) is 23.7 Å². The molecule has 0 aliphatic heterocycles. The Balaban J connectivity index is 3.20. The van der Waals surface area contributed by atoms with E-state index < -0.39 is 22.4 Å². The summed E-state index contributed by atoms with van der Waals surface area (Å²) in [6, 6.07) is 1.79. The minimum Gasteiger partial charge on any atom is -0.465 e. The number of rotatable bonds is 5. The standard InChI is InChI=1S/C13H15FN2O4/c1-8(2)4-5-15-11-6-9(13(17)20-3)10(14)7-12(11)16(18)19/h4,6-7,15H,5H2,1-3H3. The molecule has 0 aliphatic rings. The molecule has 20 heavy (non-hydrogen) atoms. The molecule has 0 saturated carbocycles. The minimum absolute atomic E-state index is 0.0642. The lowest BCUT2D eigenvalue weighted by Crippen LogP contribution is -2.09. The van der Waals surface area contributed by atoms with Crippen molar-refractivity contribution in [2.45, 2.75) is 13.8 Å². The number of carbonyl (C=O) groups is 1. The summed E-state index contributed by atoms with van der Waals surface area (Å²) in [5.41, 5.74) is 0.305. The number of nitro benzene ring substituents is 1. The maximum Gasteiger partial charge on any atom is 0.340 e. The van der Waals surface area contributed by atoms with Crippen LogP contribution in [0.2, 0.25) is 0 Å². The van der Waals surface area contributed by atoms with Gasteiger partial charge in [-0.2, -0.15) is 0 Å². The van der Waals surface area contributed by atoms with Crippen LogP contribution in [0.5, 0.6) is 0 Å². The number of anilines is 1. The van der Waals surface area contributed by atoms with Gasteiger partial charge in [0, 0.05) is 6.54 Å². The molecule has 1 rings (SSSR count). The number of benzene rings is 1. The fraction of sp³-hybridized carbons (Fsp3) is 0.308. The highest BCUT2D eigenvalue weighted by atomic mass is 19.1. The van der Waals surface area contributed by atoms with Crippen LogP contribution in [0.15, 0.2) is 23.8 Å². The summed E-state index contributed by atoms with van der Waals surface area (Å²) in [5.74, 6) is -1.88. The van der Waals surface area contributed by atoms with Crippen molar-refractivity contribution in [3.8, 4) is 0 Å². The van der Waals surface area contributed by atoms with Crippen LogP contribution in [0.4, 0.5) is 15.8 Å². The fourth-order valence-electron chi connectivity index (χ4n) is 1.49. The molecule has 0 heterocycles. The molecule has 0 atom stereocenters. The molecule has 7 heteroatoms. The summed E-state index contributed by atoms with van der Waals surface area (Å²) < 4.78 is 18.1. The van der Waals surface area contributed by atoms with E-state index >= 15 is 0 Å². The number of hydrogen-bond acceptors (Lipinski definition) is 5. The average Bonchev–Trinajstić information content (AvgIpc) is 2.38. The maximum absolute atomic E-state index is 13.6. The molecule has 6 nitrogen and oxygen atoms in total. The lowest BCUT2D eigenvalue weighted by atomic mass is 10.1. The molecule has 0 aromatic heterocycles. The van der Waals surface area contributed by atoms with E-state index in [0.717, 1.165) is 18.7 Å². The molecular formula is C13H15FN2O4. The molecule has 0 saturated heterocycles. The Morgan fingerprint density at radius 3 is 2.65 bits per heavy atom. The third kappa shape index (κ3) is 3.78. The Morgan fingerprint density at radius 1 is 1.50 bits per heavy atom. The second-order valence-electron chi connectivity index (χ2n) is 4.26. The number of carbonyl (C=O) groups excluding carboxylic acids is 1.